The van der Waals surface area contributed by atoms with Gasteiger partial charge in [-0.05, 0) is 12.5 Å². The molecule has 1 aromatic carbocycles. The van der Waals surface area contributed by atoms with Crippen molar-refractivity contribution in [2.45, 2.75) is 25.7 Å². The monoisotopic (exact) mass is 331 g/mol. The molecule has 1 aromatic rings. The van der Waals surface area contributed by atoms with Crippen molar-refractivity contribution >= 4 is 17.6 Å². The Balaban J connectivity index is 3.35. The Kier molecular flexibility index (Phi) is 6.55. The molecule has 0 amide bonds. The van der Waals surface area contributed by atoms with Gasteiger partial charge in [0.1, 0.15) is 5.82 Å². The molecule has 7 nitrogen and oxygen atoms in total. The van der Waals surface area contributed by atoms with E-state index in [-0.39, 0.29) is 6.61 Å². The van der Waals surface area contributed by atoms with Gasteiger partial charge in [-0.15, -0.1) is 0 Å². The van der Waals surface area contributed by atoms with E-state index in [0.717, 1.165) is 7.11 Å². The zero-order valence-corrected chi connectivity index (χ0v) is 12.5. The SMILES string of the molecule is CCCCOC(=O)C(C(=O)OC)c1cc(F)cc(F)c1[N+](=O)[O-]. The average molecular weight is 331 g/mol. The van der Waals surface area contributed by atoms with Crippen LogP contribution in [0.3, 0.4) is 0 Å². The van der Waals surface area contributed by atoms with Crippen molar-refractivity contribution in [3.63, 3.8) is 0 Å². The Morgan fingerprint density at radius 1 is 1.30 bits per heavy atom. The topological polar surface area (TPSA) is 95.7 Å². The van der Waals surface area contributed by atoms with Crippen molar-refractivity contribution in [2.24, 2.45) is 0 Å². The first-order chi connectivity index (χ1) is 10.8. The quantitative estimate of drug-likeness (QED) is 0.250. The molecule has 0 N–H and O–H groups in total. The number of ether oxygens (including phenoxy) is 2. The van der Waals surface area contributed by atoms with Gasteiger partial charge in [0, 0.05) is 6.07 Å². The Morgan fingerprint density at radius 3 is 2.48 bits per heavy atom. The third-order valence-corrected chi connectivity index (χ3v) is 2.97. The fourth-order valence-corrected chi connectivity index (χ4v) is 1.87. The van der Waals surface area contributed by atoms with E-state index in [1.807, 2.05) is 6.92 Å². The summed E-state index contributed by atoms with van der Waals surface area (Å²) in [6.45, 7) is 1.80. The van der Waals surface area contributed by atoms with Gasteiger partial charge in [-0.2, -0.15) is 4.39 Å². The Morgan fingerprint density at radius 2 is 1.96 bits per heavy atom. The number of unbranched alkanes of at least 4 members (excludes halogenated alkanes) is 1. The first-order valence-electron chi connectivity index (χ1n) is 6.71. The van der Waals surface area contributed by atoms with E-state index in [4.69, 9.17) is 4.74 Å². The summed E-state index contributed by atoms with van der Waals surface area (Å²) >= 11 is 0. The molecule has 0 spiro atoms. The molecule has 0 saturated carbocycles. The van der Waals surface area contributed by atoms with Crippen molar-refractivity contribution in [3.05, 3.63) is 39.4 Å². The van der Waals surface area contributed by atoms with E-state index in [2.05, 4.69) is 4.74 Å². The molecule has 0 aromatic heterocycles. The Labute approximate surface area is 130 Å². The molecule has 0 aliphatic carbocycles. The second kappa shape index (κ2) is 8.16. The van der Waals surface area contributed by atoms with Crippen LogP contribution >= 0.6 is 0 Å². The van der Waals surface area contributed by atoms with Crippen LogP contribution in [0.15, 0.2) is 12.1 Å². The van der Waals surface area contributed by atoms with Gasteiger partial charge in [0.2, 0.25) is 5.82 Å². The number of halogens is 2. The summed E-state index contributed by atoms with van der Waals surface area (Å²) in [7, 11) is 0.941. The number of carbonyl (C=O) groups excluding carboxylic acids is 2. The first kappa shape index (κ1) is 18.5. The highest BCUT2D eigenvalue weighted by Crippen LogP contribution is 2.32. The maximum atomic E-state index is 13.7. The van der Waals surface area contributed by atoms with Crippen LogP contribution in [0.4, 0.5) is 14.5 Å². The first-order valence-corrected chi connectivity index (χ1v) is 6.71. The van der Waals surface area contributed by atoms with Crippen LogP contribution in [0.2, 0.25) is 0 Å². The number of methoxy groups -OCH3 is 1. The zero-order chi connectivity index (χ0) is 17.6. The van der Waals surface area contributed by atoms with Crippen LogP contribution in [0, 0.1) is 21.7 Å². The lowest BCUT2D eigenvalue weighted by Gasteiger charge is -2.15. The van der Waals surface area contributed by atoms with Gasteiger partial charge in [0.25, 0.3) is 0 Å². The van der Waals surface area contributed by atoms with E-state index in [9.17, 15) is 28.5 Å². The summed E-state index contributed by atoms with van der Waals surface area (Å²) < 4.78 is 36.3. The number of nitro groups is 1. The molecule has 0 saturated heterocycles. The fraction of sp³-hybridized carbons (Fsp3) is 0.429. The molecule has 0 aliphatic heterocycles. The second-order valence-corrected chi connectivity index (χ2v) is 4.56. The predicted molar refractivity (Wildman–Crippen MR) is 73.6 cm³/mol. The van der Waals surface area contributed by atoms with E-state index in [1.165, 1.54) is 0 Å². The number of rotatable bonds is 7. The molecule has 9 heteroatoms. The lowest BCUT2D eigenvalue weighted by molar-refractivity contribution is -0.388. The van der Waals surface area contributed by atoms with Crippen LogP contribution in [-0.2, 0) is 19.1 Å². The van der Waals surface area contributed by atoms with Gasteiger partial charge in [-0.25, -0.2) is 4.39 Å². The number of nitro benzene ring substituents is 1. The molecule has 0 aliphatic rings. The predicted octanol–water partition coefficient (Wildman–Crippen LogP) is 2.47. The van der Waals surface area contributed by atoms with Crippen LogP contribution in [0.5, 0.6) is 0 Å². The van der Waals surface area contributed by atoms with Crippen molar-refractivity contribution in [1.82, 2.24) is 0 Å². The van der Waals surface area contributed by atoms with Crippen LogP contribution in [0.25, 0.3) is 0 Å². The number of nitrogens with zero attached hydrogens (tertiary/aromatic N) is 1. The van der Waals surface area contributed by atoms with Crippen LogP contribution in [-0.4, -0.2) is 30.6 Å². The van der Waals surface area contributed by atoms with Gasteiger partial charge in [-0.1, -0.05) is 13.3 Å². The summed E-state index contributed by atoms with van der Waals surface area (Å²) in [6.07, 6.45) is 1.20. The van der Waals surface area contributed by atoms with Gasteiger partial charge in [0.05, 0.1) is 24.2 Å². The van der Waals surface area contributed by atoms with Gasteiger partial charge >= 0.3 is 17.6 Å². The summed E-state index contributed by atoms with van der Waals surface area (Å²) in [5.41, 5.74) is -1.92. The van der Waals surface area contributed by atoms with E-state index in [1.54, 1.807) is 0 Å². The van der Waals surface area contributed by atoms with Crippen molar-refractivity contribution in [3.8, 4) is 0 Å². The summed E-state index contributed by atoms with van der Waals surface area (Å²) in [5, 5.41) is 11.0. The molecule has 0 heterocycles. The summed E-state index contributed by atoms with van der Waals surface area (Å²) in [4.78, 5) is 33.7. The van der Waals surface area contributed by atoms with Crippen molar-refractivity contribution < 1.29 is 32.8 Å². The molecular formula is C14H15F2NO6. The lowest BCUT2D eigenvalue weighted by atomic mass is 9.97. The van der Waals surface area contributed by atoms with E-state index >= 15 is 0 Å². The third-order valence-electron chi connectivity index (χ3n) is 2.97. The number of carbonyl (C=O) groups is 2. The number of hydrogen-bond acceptors (Lipinski definition) is 6. The van der Waals surface area contributed by atoms with Crippen molar-refractivity contribution in [1.29, 1.82) is 0 Å². The number of benzene rings is 1. The molecule has 126 valence electrons. The van der Waals surface area contributed by atoms with Crippen LogP contribution < -0.4 is 0 Å². The largest absolute Gasteiger partial charge is 0.468 e. The highest BCUT2D eigenvalue weighted by atomic mass is 19.1. The lowest BCUT2D eigenvalue weighted by Crippen LogP contribution is -2.27. The maximum absolute atomic E-state index is 13.7. The molecule has 0 bridgehead atoms. The molecule has 23 heavy (non-hydrogen) atoms. The van der Waals surface area contributed by atoms with Gasteiger partial charge in [-0.3, -0.25) is 19.7 Å². The smallest absolute Gasteiger partial charge is 0.325 e. The fourth-order valence-electron chi connectivity index (χ4n) is 1.87. The molecule has 1 rings (SSSR count). The number of hydrogen-bond donors (Lipinski definition) is 0. The maximum Gasteiger partial charge on any atom is 0.325 e. The summed E-state index contributed by atoms with van der Waals surface area (Å²) in [6, 6.07) is 0.836. The minimum absolute atomic E-state index is 0.0333. The minimum Gasteiger partial charge on any atom is -0.468 e. The molecule has 0 radical (unpaired) electrons. The highest BCUT2D eigenvalue weighted by molar-refractivity contribution is 6.01. The summed E-state index contributed by atoms with van der Waals surface area (Å²) in [5.74, 6) is -6.99. The average Bonchev–Trinajstić information content (AvgIpc) is 2.46. The Bertz CT molecular complexity index is 620. The minimum atomic E-state index is -1.94. The zero-order valence-electron chi connectivity index (χ0n) is 12.5. The second-order valence-electron chi connectivity index (χ2n) is 4.56. The Hall–Kier alpha value is -2.58. The standard InChI is InChI=1S/C14H15F2NO6/c1-3-4-5-23-14(19)11(13(18)22-2)9-6-8(15)7-10(16)12(9)17(20)21/h6-7,11H,3-5H2,1-2H3. The number of esters is 2. The third kappa shape index (κ3) is 4.44. The molecule has 1 unspecified atom stereocenters. The normalized spacial score (nSPS) is 11.7. The van der Waals surface area contributed by atoms with E-state index < -0.39 is 45.7 Å². The molecular weight excluding hydrogens is 316 g/mol. The molecule has 1 atom stereocenters. The van der Waals surface area contributed by atoms with Crippen molar-refractivity contribution in [2.75, 3.05) is 13.7 Å². The van der Waals surface area contributed by atoms with Gasteiger partial charge in [0.15, 0.2) is 5.92 Å². The van der Waals surface area contributed by atoms with Gasteiger partial charge < -0.3 is 9.47 Å². The van der Waals surface area contributed by atoms with E-state index in [0.29, 0.717) is 25.0 Å². The molecule has 0 fully saturated rings. The highest BCUT2D eigenvalue weighted by Gasteiger charge is 2.38. The van der Waals surface area contributed by atoms with Crippen LogP contribution in [0.1, 0.15) is 31.2 Å².